The van der Waals surface area contributed by atoms with Crippen LogP contribution in [0, 0.1) is 17.8 Å². The quantitative estimate of drug-likeness (QED) is 0.792. The van der Waals surface area contributed by atoms with Gasteiger partial charge in [0.2, 0.25) is 5.91 Å². The van der Waals surface area contributed by atoms with Crippen molar-refractivity contribution in [1.29, 1.82) is 0 Å². The van der Waals surface area contributed by atoms with Gasteiger partial charge in [-0.15, -0.1) is 0 Å². The van der Waals surface area contributed by atoms with Gasteiger partial charge in [0.15, 0.2) is 0 Å². The highest BCUT2D eigenvalue weighted by molar-refractivity contribution is 5.75. The lowest BCUT2D eigenvalue weighted by molar-refractivity contribution is -0.130. The number of fused-ring (bicyclic) bond motifs is 3. The summed E-state index contributed by atoms with van der Waals surface area (Å²) in [6.07, 6.45) is 0.891. The van der Waals surface area contributed by atoms with Crippen molar-refractivity contribution in [1.82, 2.24) is 4.90 Å². The van der Waals surface area contributed by atoms with Crippen LogP contribution in [0.15, 0.2) is 42.5 Å². The molecule has 0 unspecified atom stereocenters. The van der Waals surface area contributed by atoms with Crippen molar-refractivity contribution in [2.45, 2.75) is 25.4 Å². The van der Waals surface area contributed by atoms with Gasteiger partial charge in [-0.25, -0.2) is 0 Å². The number of anilines is 1. The Morgan fingerprint density at radius 1 is 1.25 bits per heavy atom. The van der Waals surface area contributed by atoms with Gasteiger partial charge < -0.3 is 20.1 Å². The number of rotatable bonds is 2. The van der Waals surface area contributed by atoms with Crippen LogP contribution in [0.4, 0.5) is 5.69 Å². The highest BCUT2D eigenvalue weighted by Gasteiger charge is 2.44. The predicted molar refractivity (Wildman–Crippen MR) is 108 cm³/mol. The predicted octanol–water partition coefficient (Wildman–Crippen LogP) is 2.79. The van der Waals surface area contributed by atoms with Gasteiger partial charge in [-0.3, -0.25) is 4.79 Å². The second kappa shape index (κ2) is 7.57. The second-order valence-electron chi connectivity index (χ2n) is 7.33. The molecule has 0 saturated carbocycles. The summed E-state index contributed by atoms with van der Waals surface area (Å²) in [6, 6.07) is 13.7. The van der Waals surface area contributed by atoms with E-state index in [9.17, 15) is 9.90 Å². The Labute approximate surface area is 165 Å². The number of aliphatic hydroxyl groups excluding tert-OH is 1. The van der Waals surface area contributed by atoms with Crippen molar-refractivity contribution in [3.63, 3.8) is 0 Å². The van der Waals surface area contributed by atoms with E-state index in [1.54, 1.807) is 14.0 Å². The van der Waals surface area contributed by atoms with E-state index in [0.29, 0.717) is 0 Å². The minimum Gasteiger partial charge on any atom is -0.497 e. The van der Waals surface area contributed by atoms with Crippen LogP contribution in [-0.4, -0.2) is 42.2 Å². The fourth-order valence-electron chi connectivity index (χ4n) is 4.34. The Bertz CT molecular complexity index is 960. The number of carbonyl (C=O) groups is 1. The standard InChI is InChI=1S/C23H24N2O3/c1-15(27)25-11-10-19-22(14-26)24-21-9-8-17(13-20(21)23(19)25)7-6-16-4-3-5-18(12-16)28-2/h3-5,8-9,12-13,19,22-24,26H,10-11,14H2,1-2H3/t19-,22-,23-/m1/s1. The molecule has 1 saturated heterocycles. The number of likely N-dealkylation sites (tertiary alicyclic amines) is 1. The van der Waals surface area contributed by atoms with Crippen molar-refractivity contribution in [3.05, 3.63) is 59.2 Å². The highest BCUT2D eigenvalue weighted by atomic mass is 16.5. The summed E-state index contributed by atoms with van der Waals surface area (Å²) in [4.78, 5) is 14.1. The number of benzene rings is 2. The smallest absolute Gasteiger partial charge is 0.219 e. The molecule has 1 fully saturated rings. The fourth-order valence-corrected chi connectivity index (χ4v) is 4.34. The topological polar surface area (TPSA) is 61.8 Å². The molecule has 144 valence electrons. The molecule has 5 heteroatoms. The average Bonchev–Trinajstić information content (AvgIpc) is 3.17. The number of aliphatic hydroxyl groups is 1. The molecule has 2 aromatic carbocycles. The molecule has 28 heavy (non-hydrogen) atoms. The third-order valence-electron chi connectivity index (χ3n) is 5.69. The Morgan fingerprint density at radius 3 is 2.75 bits per heavy atom. The lowest BCUT2D eigenvalue weighted by Gasteiger charge is -2.39. The molecule has 0 aliphatic carbocycles. The SMILES string of the molecule is COc1cccc(C#Cc2ccc3c(c2)[C@H]2[C@H](CCN2C(C)=O)[C@@H](CO)N3)c1. The Kier molecular flexibility index (Phi) is 4.97. The molecular formula is C23H24N2O3. The van der Waals surface area contributed by atoms with E-state index in [2.05, 4.69) is 23.2 Å². The van der Waals surface area contributed by atoms with Crippen molar-refractivity contribution < 1.29 is 14.6 Å². The van der Waals surface area contributed by atoms with Crippen molar-refractivity contribution in [2.24, 2.45) is 5.92 Å². The number of nitrogens with one attached hydrogen (secondary N) is 1. The molecule has 2 aliphatic heterocycles. The monoisotopic (exact) mass is 376 g/mol. The zero-order valence-corrected chi connectivity index (χ0v) is 16.1. The number of methoxy groups -OCH3 is 1. The molecule has 2 heterocycles. The van der Waals surface area contributed by atoms with Gasteiger partial charge >= 0.3 is 0 Å². The third kappa shape index (κ3) is 3.32. The maximum absolute atomic E-state index is 12.2. The van der Waals surface area contributed by atoms with Gasteiger partial charge in [-0.05, 0) is 48.4 Å². The van der Waals surface area contributed by atoms with E-state index in [1.165, 1.54) is 0 Å². The summed E-state index contributed by atoms with van der Waals surface area (Å²) in [5.41, 5.74) is 3.85. The molecule has 1 amide bonds. The number of amides is 1. The van der Waals surface area contributed by atoms with Crippen molar-refractivity contribution >= 4 is 11.6 Å². The van der Waals surface area contributed by atoms with E-state index in [4.69, 9.17) is 4.74 Å². The number of hydrogen-bond acceptors (Lipinski definition) is 4. The number of ether oxygens (including phenoxy) is 1. The average molecular weight is 376 g/mol. The lowest BCUT2D eigenvalue weighted by Crippen LogP contribution is -2.42. The zero-order valence-electron chi connectivity index (χ0n) is 16.1. The van der Waals surface area contributed by atoms with Gasteiger partial charge in [-0.1, -0.05) is 17.9 Å². The first kappa shape index (κ1) is 18.4. The normalized spacial score (nSPS) is 22.4. The summed E-state index contributed by atoms with van der Waals surface area (Å²) in [5, 5.41) is 13.2. The van der Waals surface area contributed by atoms with Crippen LogP contribution in [0.25, 0.3) is 0 Å². The molecule has 2 aromatic rings. The number of hydrogen-bond donors (Lipinski definition) is 2. The Morgan fingerprint density at radius 2 is 2.04 bits per heavy atom. The van der Waals surface area contributed by atoms with Crippen LogP contribution in [-0.2, 0) is 4.79 Å². The maximum Gasteiger partial charge on any atom is 0.219 e. The minimum absolute atomic E-state index is 0.00975. The van der Waals surface area contributed by atoms with Gasteiger partial charge in [0.1, 0.15) is 5.75 Å². The van der Waals surface area contributed by atoms with Crippen LogP contribution in [0.3, 0.4) is 0 Å². The van der Waals surface area contributed by atoms with E-state index in [-0.39, 0.29) is 30.5 Å². The van der Waals surface area contributed by atoms with Crippen LogP contribution < -0.4 is 10.1 Å². The van der Waals surface area contributed by atoms with E-state index in [1.807, 2.05) is 41.3 Å². The first-order valence-corrected chi connectivity index (χ1v) is 9.55. The molecule has 5 nitrogen and oxygen atoms in total. The van der Waals surface area contributed by atoms with E-state index >= 15 is 0 Å². The molecule has 3 atom stereocenters. The second-order valence-corrected chi connectivity index (χ2v) is 7.33. The molecule has 0 aromatic heterocycles. The van der Waals surface area contributed by atoms with E-state index in [0.717, 1.165) is 41.1 Å². The minimum atomic E-state index is -0.0319. The summed E-state index contributed by atoms with van der Waals surface area (Å²) in [7, 11) is 1.64. The Hall–Kier alpha value is -2.97. The van der Waals surface area contributed by atoms with Crippen molar-refractivity contribution in [2.75, 3.05) is 25.6 Å². The molecule has 0 spiro atoms. The number of carbonyl (C=O) groups excluding carboxylic acids is 1. The van der Waals surface area contributed by atoms with Crippen LogP contribution in [0.2, 0.25) is 0 Å². The molecule has 0 radical (unpaired) electrons. The van der Waals surface area contributed by atoms with Gasteiger partial charge in [0.25, 0.3) is 0 Å². The van der Waals surface area contributed by atoms with Gasteiger partial charge in [0.05, 0.1) is 25.8 Å². The zero-order chi connectivity index (χ0) is 19.7. The van der Waals surface area contributed by atoms with Gasteiger partial charge in [0, 0.05) is 36.2 Å². The summed E-state index contributed by atoms with van der Waals surface area (Å²) >= 11 is 0. The maximum atomic E-state index is 12.2. The fraction of sp³-hybridized carbons (Fsp3) is 0.348. The highest BCUT2D eigenvalue weighted by Crippen LogP contribution is 2.46. The van der Waals surface area contributed by atoms with Crippen LogP contribution >= 0.6 is 0 Å². The molecule has 2 aliphatic rings. The summed E-state index contributed by atoms with van der Waals surface area (Å²) in [6.45, 7) is 2.40. The lowest BCUT2D eigenvalue weighted by atomic mass is 9.82. The largest absolute Gasteiger partial charge is 0.497 e. The molecular weight excluding hydrogens is 352 g/mol. The molecule has 2 N–H and O–H groups in total. The molecule has 0 bridgehead atoms. The first-order valence-electron chi connectivity index (χ1n) is 9.55. The summed E-state index contributed by atoms with van der Waals surface area (Å²) in [5.74, 6) is 7.48. The van der Waals surface area contributed by atoms with Crippen molar-refractivity contribution in [3.8, 4) is 17.6 Å². The van der Waals surface area contributed by atoms with Gasteiger partial charge in [-0.2, -0.15) is 0 Å². The number of nitrogens with zero attached hydrogens (tertiary/aromatic N) is 1. The Balaban J connectivity index is 1.70. The van der Waals surface area contributed by atoms with E-state index < -0.39 is 0 Å². The van der Waals surface area contributed by atoms with Crippen LogP contribution in [0.1, 0.15) is 36.1 Å². The molecule has 4 rings (SSSR count). The third-order valence-corrected chi connectivity index (χ3v) is 5.69. The van der Waals surface area contributed by atoms with Crippen LogP contribution in [0.5, 0.6) is 5.75 Å². The summed E-state index contributed by atoms with van der Waals surface area (Å²) < 4.78 is 5.25. The first-order chi connectivity index (χ1) is 13.6.